The van der Waals surface area contributed by atoms with Gasteiger partial charge >= 0.3 is 0 Å². The maximum absolute atomic E-state index is 13.6. The van der Waals surface area contributed by atoms with Gasteiger partial charge in [-0.3, -0.25) is 0 Å². The number of hydrogen-bond acceptors (Lipinski definition) is 4. The fraction of sp³-hybridized carbons (Fsp3) is 0.250. The average Bonchev–Trinajstić information content (AvgIpc) is 3.26. The Bertz CT molecular complexity index is 723. The lowest BCUT2D eigenvalue weighted by Gasteiger charge is -2.23. The molecule has 1 fully saturated rings. The molecule has 1 heterocycles. The Balaban J connectivity index is 2.54. The van der Waals surface area contributed by atoms with Crippen LogP contribution in [0.4, 0.5) is 10.1 Å². The molecule has 1 aliphatic rings. The van der Waals surface area contributed by atoms with Gasteiger partial charge in [-0.05, 0) is 13.0 Å². The Hall–Kier alpha value is -1.96. The van der Waals surface area contributed by atoms with E-state index in [1.54, 1.807) is 19.1 Å². The second-order valence-electron chi connectivity index (χ2n) is 5.06. The van der Waals surface area contributed by atoms with E-state index in [1.807, 2.05) is 0 Å². The van der Waals surface area contributed by atoms with Crippen LogP contribution >= 0.6 is 0 Å². The molecule has 0 spiro atoms. The number of halogens is 1. The molecule has 1 aliphatic heterocycles. The largest absolute Gasteiger partial charge is 0.627 e. The van der Waals surface area contributed by atoms with Crippen LogP contribution in [0, 0.1) is 5.21 Å². The summed E-state index contributed by atoms with van der Waals surface area (Å²) >= 11 is 0. The number of quaternary nitrogens is 1. The zero-order valence-electron chi connectivity index (χ0n) is 12.9. The molecule has 0 amide bonds. The van der Waals surface area contributed by atoms with E-state index in [0.717, 1.165) is 0 Å². The van der Waals surface area contributed by atoms with Crippen LogP contribution in [0.2, 0.25) is 0 Å². The summed E-state index contributed by atoms with van der Waals surface area (Å²) in [6.45, 7) is 5.58. The molecule has 23 heavy (non-hydrogen) atoms. The number of phenols is 1. The summed E-state index contributed by atoms with van der Waals surface area (Å²) in [5, 5.41) is 22.4. The first-order valence-corrected chi connectivity index (χ1v) is 8.08. The van der Waals surface area contributed by atoms with Gasteiger partial charge in [0.2, 0.25) is 5.75 Å². The first kappa shape index (κ1) is 17.4. The molecule has 5 nitrogen and oxygen atoms in total. The fourth-order valence-electron chi connectivity index (χ4n) is 2.04. The molecule has 7 heteroatoms. The third-order valence-electron chi connectivity index (χ3n) is 3.44. The molecule has 1 aromatic carbocycles. The minimum absolute atomic E-state index is 0.0287. The molecule has 1 unspecified atom stereocenters. The van der Waals surface area contributed by atoms with E-state index < -0.39 is 21.3 Å². The van der Waals surface area contributed by atoms with Gasteiger partial charge in [-0.25, -0.2) is 8.60 Å². The summed E-state index contributed by atoms with van der Waals surface area (Å²) < 4.78 is 30.6. The Morgan fingerprint density at radius 1 is 1.52 bits per heavy atom. The summed E-state index contributed by atoms with van der Waals surface area (Å²) in [6, 6.07) is 2.66. The molecule has 1 saturated heterocycles. The number of aromatic hydroxyl groups is 1. The molecule has 2 rings (SSSR count). The standard InChI is InChI=1S/C16H18FNO4S/c1-4-5-6-15(11(2)17)23(21)12-9-13(18(20)7-8-18)16(19)14(10-12)22-3/h4-6,9-10,19H,2,7-8H2,1,3H3/b5-4+,15-6+. The summed E-state index contributed by atoms with van der Waals surface area (Å²) in [6.07, 6.45) is 4.57. The van der Waals surface area contributed by atoms with Crippen molar-refractivity contribution in [1.82, 2.24) is 4.65 Å². The van der Waals surface area contributed by atoms with E-state index in [1.165, 1.54) is 25.3 Å². The summed E-state index contributed by atoms with van der Waals surface area (Å²) in [5.41, 5.74) is 0.0718. The third kappa shape index (κ3) is 3.52. The lowest BCUT2D eigenvalue weighted by Crippen LogP contribution is -2.16. The lowest BCUT2D eigenvalue weighted by atomic mass is 10.2. The van der Waals surface area contributed by atoms with Crippen molar-refractivity contribution < 1.29 is 18.4 Å². The van der Waals surface area contributed by atoms with Crippen LogP contribution in [0.15, 0.2) is 52.6 Å². The van der Waals surface area contributed by atoms with Crippen LogP contribution in [0.3, 0.4) is 0 Å². The number of allylic oxidation sites excluding steroid dienone is 4. The summed E-state index contributed by atoms with van der Waals surface area (Å²) in [4.78, 5) is 0.0643. The fourth-order valence-corrected chi connectivity index (χ4v) is 3.13. The highest BCUT2D eigenvalue weighted by Crippen LogP contribution is 2.45. The molecule has 1 N–H and O–H groups in total. The molecule has 0 aromatic heterocycles. The molecule has 124 valence electrons. The van der Waals surface area contributed by atoms with Crippen molar-refractivity contribution in [1.29, 1.82) is 0 Å². The topological polar surface area (TPSA) is 69.6 Å². The zero-order valence-corrected chi connectivity index (χ0v) is 13.7. The van der Waals surface area contributed by atoms with E-state index in [9.17, 15) is 18.9 Å². The predicted molar refractivity (Wildman–Crippen MR) is 89.1 cm³/mol. The molecule has 0 radical (unpaired) electrons. The minimum atomic E-state index is -1.89. The third-order valence-corrected chi connectivity index (χ3v) is 4.86. The van der Waals surface area contributed by atoms with Crippen molar-refractivity contribution in [2.75, 3.05) is 20.2 Å². The van der Waals surface area contributed by atoms with Gasteiger partial charge in [0.1, 0.15) is 18.9 Å². The zero-order chi connectivity index (χ0) is 17.2. The molecule has 1 atom stereocenters. The Morgan fingerprint density at radius 2 is 2.17 bits per heavy atom. The number of rotatable bonds is 6. The maximum atomic E-state index is 13.6. The van der Waals surface area contributed by atoms with Crippen LogP contribution in [0.25, 0.3) is 0 Å². The van der Waals surface area contributed by atoms with Crippen molar-refractivity contribution in [3.8, 4) is 11.5 Å². The highest BCUT2D eigenvalue weighted by atomic mass is 32.2. The van der Waals surface area contributed by atoms with Gasteiger partial charge in [-0.1, -0.05) is 18.7 Å². The minimum Gasteiger partial charge on any atom is -0.627 e. The lowest BCUT2D eigenvalue weighted by molar-refractivity contribution is 0.369. The predicted octanol–water partition coefficient (Wildman–Crippen LogP) is 3.27. The molecular weight excluding hydrogens is 321 g/mol. The SMILES string of the molecule is C=C(F)/C(=C\C=C\C)S(=O)c1cc(OC)c(O)c([N+]2([O-])CC2)c1. The van der Waals surface area contributed by atoms with Crippen LogP contribution < -0.4 is 9.38 Å². The average molecular weight is 339 g/mol. The van der Waals surface area contributed by atoms with Crippen molar-refractivity contribution >= 4 is 16.5 Å². The van der Waals surface area contributed by atoms with Crippen LogP contribution in [0.1, 0.15) is 6.92 Å². The number of phenolic OH excluding ortho intramolecular Hbond substituents is 1. The number of nitrogens with zero attached hydrogens (tertiary/aromatic N) is 1. The Morgan fingerprint density at radius 3 is 2.65 bits per heavy atom. The summed E-state index contributed by atoms with van der Waals surface area (Å²) in [7, 11) is -0.568. The van der Waals surface area contributed by atoms with E-state index in [2.05, 4.69) is 6.58 Å². The highest BCUT2D eigenvalue weighted by Gasteiger charge is 2.39. The number of hydrogen-bond donors (Lipinski definition) is 1. The Kier molecular flexibility index (Phi) is 5.03. The highest BCUT2D eigenvalue weighted by molar-refractivity contribution is 7.89. The first-order chi connectivity index (χ1) is 10.8. The van der Waals surface area contributed by atoms with Crippen LogP contribution in [-0.2, 0) is 10.8 Å². The van der Waals surface area contributed by atoms with Crippen molar-refractivity contribution in [2.45, 2.75) is 11.8 Å². The second kappa shape index (κ2) is 6.66. The van der Waals surface area contributed by atoms with Gasteiger partial charge < -0.3 is 19.7 Å². The number of benzene rings is 1. The smallest absolute Gasteiger partial charge is 0.220 e. The number of hydroxylamine groups is 2. The van der Waals surface area contributed by atoms with Crippen molar-refractivity contribution in [2.24, 2.45) is 0 Å². The maximum Gasteiger partial charge on any atom is 0.220 e. The van der Waals surface area contributed by atoms with Gasteiger partial charge in [-0.15, -0.1) is 0 Å². The molecule has 1 aromatic rings. The molecular formula is C16H18FNO4S. The quantitative estimate of drug-likeness (QED) is 0.374. The number of methoxy groups -OCH3 is 1. The van der Waals surface area contributed by atoms with Crippen LogP contribution in [-0.4, -0.2) is 29.5 Å². The van der Waals surface area contributed by atoms with Crippen molar-refractivity contribution in [3.63, 3.8) is 0 Å². The Labute approximate surface area is 136 Å². The van der Waals surface area contributed by atoms with Crippen LogP contribution in [0.5, 0.6) is 11.5 Å². The van der Waals surface area contributed by atoms with E-state index in [-0.39, 0.29) is 27.0 Å². The van der Waals surface area contributed by atoms with Crippen molar-refractivity contribution in [3.05, 3.63) is 52.9 Å². The number of ether oxygens (including phenoxy) is 1. The van der Waals surface area contributed by atoms with E-state index in [4.69, 9.17) is 4.74 Å². The summed E-state index contributed by atoms with van der Waals surface area (Å²) in [5.74, 6) is -1.08. The van der Waals surface area contributed by atoms with Gasteiger partial charge in [0.15, 0.2) is 11.4 Å². The normalized spacial score (nSPS) is 18.0. The van der Waals surface area contributed by atoms with Gasteiger partial charge in [0.05, 0.1) is 27.7 Å². The van der Waals surface area contributed by atoms with Gasteiger partial charge in [0.25, 0.3) is 0 Å². The second-order valence-corrected chi connectivity index (χ2v) is 6.51. The van der Waals surface area contributed by atoms with E-state index >= 15 is 0 Å². The van der Waals surface area contributed by atoms with Gasteiger partial charge in [0, 0.05) is 12.1 Å². The molecule has 0 saturated carbocycles. The molecule has 0 bridgehead atoms. The monoisotopic (exact) mass is 339 g/mol. The van der Waals surface area contributed by atoms with E-state index in [0.29, 0.717) is 13.1 Å². The molecule has 0 aliphatic carbocycles. The first-order valence-electron chi connectivity index (χ1n) is 6.93. The van der Waals surface area contributed by atoms with Gasteiger partial charge in [-0.2, -0.15) is 0 Å².